The van der Waals surface area contributed by atoms with Crippen LogP contribution in [0, 0.1) is 0 Å². The molecule has 164 valence electrons. The Balaban J connectivity index is 1.53. The Morgan fingerprint density at radius 1 is 1.00 bits per heavy atom. The molecule has 0 spiro atoms. The smallest absolute Gasteiger partial charge is 0.384 e. The molecule has 3 aromatic carbocycles. The van der Waals surface area contributed by atoms with Gasteiger partial charge in [-0.1, -0.05) is 42.5 Å². The Morgan fingerprint density at radius 2 is 1.78 bits per heavy atom. The Morgan fingerprint density at radius 3 is 2.62 bits per heavy atom. The molecule has 1 aromatic heterocycles. The maximum Gasteiger partial charge on any atom is 0.384 e. The monoisotopic (exact) mass is 452 g/mol. The molecule has 5 rings (SSSR count). The number of hydrogen-bond donors (Lipinski definition) is 1. The molecule has 4 aromatic rings. The first-order chi connectivity index (χ1) is 15.6. The van der Waals surface area contributed by atoms with Gasteiger partial charge in [0.25, 0.3) is 0 Å². The lowest BCUT2D eigenvalue weighted by Gasteiger charge is -2.12. The SMILES string of the molecule is COP(=O)(OC)c1nc(-c2cccc3ccccc23)oc1NCc1ccc2c(c1)OCO2. The van der Waals surface area contributed by atoms with Crippen molar-refractivity contribution in [2.75, 3.05) is 26.3 Å². The maximum absolute atomic E-state index is 13.2. The van der Waals surface area contributed by atoms with E-state index in [1.165, 1.54) is 14.2 Å². The predicted molar refractivity (Wildman–Crippen MR) is 121 cm³/mol. The highest BCUT2D eigenvalue weighted by atomic mass is 31.2. The summed E-state index contributed by atoms with van der Waals surface area (Å²) in [6, 6.07) is 19.4. The van der Waals surface area contributed by atoms with Gasteiger partial charge in [0.15, 0.2) is 11.5 Å². The lowest BCUT2D eigenvalue weighted by molar-refractivity contribution is 0.174. The van der Waals surface area contributed by atoms with Gasteiger partial charge in [-0.25, -0.2) is 0 Å². The third-order valence-electron chi connectivity index (χ3n) is 5.26. The zero-order valence-corrected chi connectivity index (χ0v) is 18.4. The number of aromatic nitrogens is 1. The number of oxazole rings is 1. The van der Waals surface area contributed by atoms with Crippen LogP contribution in [-0.2, 0) is 20.2 Å². The predicted octanol–water partition coefficient (Wildman–Crippen LogP) is 4.95. The molecule has 1 aliphatic heterocycles. The number of nitrogens with zero attached hydrogens (tertiary/aromatic N) is 1. The van der Waals surface area contributed by atoms with Crippen molar-refractivity contribution in [1.82, 2.24) is 4.98 Å². The van der Waals surface area contributed by atoms with Gasteiger partial charge in [-0.2, -0.15) is 4.98 Å². The molecule has 2 heterocycles. The van der Waals surface area contributed by atoms with Gasteiger partial charge in [0.05, 0.1) is 0 Å². The highest BCUT2D eigenvalue weighted by Gasteiger charge is 2.34. The van der Waals surface area contributed by atoms with Crippen molar-refractivity contribution >= 4 is 29.7 Å². The van der Waals surface area contributed by atoms with Gasteiger partial charge in [0, 0.05) is 26.3 Å². The highest BCUT2D eigenvalue weighted by molar-refractivity contribution is 7.62. The van der Waals surface area contributed by atoms with E-state index in [0.29, 0.717) is 23.9 Å². The molecule has 9 heteroatoms. The summed E-state index contributed by atoms with van der Waals surface area (Å²) in [7, 11) is -1.04. The molecule has 0 atom stereocenters. The third-order valence-corrected chi connectivity index (χ3v) is 7.04. The van der Waals surface area contributed by atoms with Crippen molar-refractivity contribution in [3.63, 3.8) is 0 Å². The van der Waals surface area contributed by atoms with Gasteiger partial charge < -0.3 is 28.3 Å². The first-order valence-electron chi connectivity index (χ1n) is 9.95. The van der Waals surface area contributed by atoms with Crippen LogP contribution in [0.15, 0.2) is 65.1 Å². The Labute approximate surface area is 184 Å². The topological polar surface area (TPSA) is 92.1 Å². The normalized spacial score (nSPS) is 12.9. The number of nitrogens with one attached hydrogen (secondary N) is 1. The van der Waals surface area contributed by atoms with E-state index in [4.69, 9.17) is 22.9 Å². The van der Waals surface area contributed by atoms with Crippen molar-refractivity contribution in [3.05, 3.63) is 66.2 Å². The number of benzene rings is 3. The number of rotatable bonds is 7. The van der Waals surface area contributed by atoms with Crippen molar-refractivity contribution in [1.29, 1.82) is 0 Å². The zero-order valence-electron chi connectivity index (χ0n) is 17.5. The second kappa shape index (κ2) is 8.31. The molecule has 0 saturated carbocycles. The van der Waals surface area contributed by atoms with E-state index in [-0.39, 0.29) is 18.1 Å². The second-order valence-corrected chi connectivity index (χ2v) is 9.25. The molecule has 0 bridgehead atoms. The van der Waals surface area contributed by atoms with E-state index in [0.717, 1.165) is 21.9 Å². The molecule has 0 saturated heterocycles. The molecule has 0 amide bonds. The van der Waals surface area contributed by atoms with Crippen LogP contribution in [0.25, 0.3) is 22.2 Å². The van der Waals surface area contributed by atoms with Crippen LogP contribution < -0.4 is 20.2 Å². The first kappa shape index (κ1) is 20.6. The van der Waals surface area contributed by atoms with E-state index < -0.39 is 7.60 Å². The summed E-state index contributed by atoms with van der Waals surface area (Å²) in [5, 5.41) is 5.19. The fourth-order valence-electron chi connectivity index (χ4n) is 3.62. The number of ether oxygens (including phenoxy) is 2. The van der Waals surface area contributed by atoms with Gasteiger partial charge in [0.2, 0.25) is 24.0 Å². The largest absolute Gasteiger partial charge is 0.454 e. The number of hydrogen-bond acceptors (Lipinski definition) is 8. The van der Waals surface area contributed by atoms with Crippen LogP contribution in [0.5, 0.6) is 11.5 Å². The van der Waals surface area contributed by atoms with Crippen LogP contribution in [-0.4, -0.2) is 26.0 Å². The summed E-state index contributed by atoms with van der Waals surface area (Å²) in [5.41, 5.74) is 1.79. The first-order valence-corrected chi connectivity index (χ1v) is 11.5. The summed E-state index contributed by atoms with van der Waals surface area (Å²) in [6.07, 6.45) is 0. The molecule has 0 unspecified atom stereocenters. The van der Waals surface area contributed by atoms with Crippen LogP contribution >= 0.6 is 7.60 Å². The van der Waals surface area contributed by atoms with Crippen molar-refractivity contribution in [2.45, 2.75) is 6.54 Å². The van der Waals surface area contributed by atoms with E-state index in [1.54, 1.807) is 0 Å². The number of anilines is 1. The van der Waals surface area contributed by atoms with Crippen LogP contribution in [0.4, 0.5) is 5.88 Å². The fourth-order valence-corrected chi connectivity index (χ4v) is 4.70. The molecule has 0 fully saturated rings. The van der Waals surface area contributed by atoms with Crippen molar-refractivity contribution < 1.29 is 27.5 Å². The zero-order chi connectivity index (χ0) is 22.1. The van der Waals surface area contributed by atoms with Crippen LogP contribution in [0.1, 0.15) is 5.56 Å². The fraction of sp³-hybridized carbons (Fsp3) is 0.174. The molecule has 1 aliphatic rings. The standard InChI is InChI=1S/C23H21N2O6P/c1-27-32(26,28-2)23-22(24-13-15-10-11-19-20(12-15)30-14-29-19)31-21(25-23)18-9-5-7-16-6-3-4-8-17(16)18/h3-12,24H,13-14H2,1-2H3. The Bertz CT molecular complexity index is 1320. The van der Waals surface area contributed by atoms with Crippen molar-refractivity contribution in [2.24, 2.45) is 0 Å². The van der Waals surface area contributed by atoms with Gasteiger partial charge in [-0.05, 0) is 34.5 Å². The van der Waals surface area contributed by atoms with E-state index >= 15 is 0 Å². The average Bonchev–Trinajstić information content (AvgIpc) is 3.49. The van der Waals surface area contributed by atoms with Crippen LogP contribution in [0.3, 0.4) is 0 Å². The molecule has 0 aliphatic carbocycles. The molecule has 32 heavy (non-hydrogen) atoms. The number of fused-ring (bicyclic) bond motifs is 2. The van der Waals surface area contributed by atoms with Gasteiger partial charge in [-0.3, -0.25) is 4.57 Å². The molecule has 0 radical (unpaired) electrons. The quantitative estimate of drug-likeness (QED) is 0.394. The molecule has 1 N–H and O–H groups in total. The average molecular weight is 452 g/mol. The van der Waals surface area contributed by atoms with Crippen molar-refractivity contribution in [3.8, 4) is 23.0 Å². The Kier molecular flexibility index (Phi) is 5.35. The summed E-state index contributed by atoms with van der Waals surface area (Å²) >= 11 is 0. The molecular formula is C23H21N2O6P. The van der Waals surface area contributed by atoms with Gasteiger partial charge in [-0.15, -0.1) is 0 Å². The highest BCUT2D eigenvalue weighted by Crippen LogP contribution is 2.48. The van der Waals surface area contributed by atoms with Gasteiger partial charge in [0.1, 0.15) is 0 Å². The second-order valence-electron chi connectivity index (χ2n) is 7.10. The van der Waals surface area contributed by atoms with Crippen LogP contribution in [0.2, 0.25) is 0 Å². The molecule has 8 nitrogen and oxygen atoms in total. The molecular weight excluding hydrogens is 431 g/mol. The minimum absolute atomic E-state index is 0.0891. The summed E-state index contributed by atoms with van der Waals surface area (Å²) in [6.45, 7) is 0.582. The summed E-state index contributed by atoms with van der Waals surface area (Å²) in [4.78, 5) is 4.53. The lowest BCUT2D eigenvalue weighted by atomic mass is 10.0. The van der Waals surface area contributed by atoms with E-state index in [9.17, 15) is 4.57 Å². The summed E-state index contributed by atoms with van der Waals surface area (Å²) in [5.74, 6) is 1.92. The minimum Gasteiger partial charge on any atom is -0.454 e. The van der Waals surface area contributed by atoms with E-state index in [2.05, 4.69) is 10.3 Å². The van der Waals surface area contributed by atoms with Gasteiger partial charge >= 0.3 is 7.60 Å². The van der Waals surface area contributed by atoms with E-state index in [1.807, 2.05) is 60.7 Å². The Hall–Kier alpha value is -3.32. The third kappa shape index (κ3) is 3.62. The lowest BCUT2D eigenvalue weighted by Crippen LogP contribution is -2.14. The minimum atomic E-state index is -3.68. The summed E-state index contributed by atoms with van der Waals surface area (Å²) < 4.78 is 40.5. The maximum atomic E-state index is 13.2.